The summed E-state index contributed by atoms with van der Waals surface area (Å²) in [4.78, 5) is 49.4. The van der Waals surface area contributed by atoms with Crippen molar-refractivity contribution in [2.45, 2.75) is 57.8 Å². The number of carbonyl (C=O) groups is 3. The van der Waals surface area contributed by atoms with Crippen molar-refractivity contribution in [3.63, 3.8) is 0 Å². The molecule has 0 radical (unpaired) electrons. The number of fused-ring (bicyclic) bond motifs is 1. The Bertz CT molecular complexity index is 1440. The standard InChI is InChI=1S/C28H30N6O5/c1-27(2)15-33(13-17-3-6-21(29-12-17)24-30-16-39-32-24)10-9-28(27,38)19-4-5-20-18(11-19)14-34(26(20)37)22-7-8-23(35)31-25(22)36/h3-6,11-12,16,22,38H,7-10,13-15H2,1-2H3,(H,31,35,36)/t22-,28-/m0/s1. The number of amides is 3. The van der Waals surface area contributed by atoms with Crippen molar-refractivity contribution in [3.8, 4) is 11.5 Å². The van der Waals surface area contributed by atoms with Gasteiger partial charge in [0, 0.05) is 49.8 Å². The van der Waals surface area contributed by atoms with E-state index in [-0.39, 0.29) is 24.8 Å². The lowest BCUT2D eigenvalue weighted by Crippen LogP contribution is -2.55. The van der Waals surface area contributed by atoms with Gasteiger partial charge in [0.05, 0.1) is 5.60 Å². The van der Waals surface area contributed by atoms with Gasteiger partial charge in [-0.25, -0.2) is 0 Å². The Labute approximate surface area is 225 Å². The minimum Gasteiger partial charge on any atom is -0.385 e. The number of rotatable bonds is 5. The van der Waals surface area contributed by atoms with Crippen LogP contribution >= 0.6 is 0 Å². The number of hydrogen-bond donors (Lipinski definition) is 2. The van der Waals surface area contributed by atoms with Crippen LogP contribution in [-0.4, -0.2) is 66.9 Å². The molecule has 3 aliphatic rings. The third-order valence-corrected chi connectivity index (χ3v) is 8.35. The highest BCUT2D eigenvalue weighted by molar-refractivity contribution is 6.05. The monoisotopic (exact) mass is 530 g/mol. The molecule has 0 unspecified atom stereocenters. The van der Waals surface area contributed by atoms with Gasteiger partial charge in [0.15, 0.2) is 0 Å². The minimum absolute atomic E-state index is 0.214. The van der Waals surface area contributed by atoms with Crippen LogP contribution in [0, 0.1) is 5.41 Å². The fraction of sp³-hybridized carbons (Fsp3) is 0.429. The molecule has 5 heterocycles. The van der Waals surface area contributed by atoms with Crippen LogP contribution in [0.15, 0.2) is 47.4 Å². The first-order valence-corrected chi connectivity index (χ1v) is 13.1. The second-order valence-electron chi connectivity index (χ2n) is 11.3. The van der Waals surface area contributed by atoms with E-state index in [0.29, 0.717) is 49.6 Å². The smallest absolute Gasteiger partial charge is 0.255 e. The minimum atomic E-state index is -1.09. The van der Waals surface area contributed by atoms with Crippen LogP contribution < -0.4 is 5.32 Å². The molecule has 11 nitrogen and oxygen atoms in total. The van der Waals surface area contributed by atoms with Crippen LogP contribution in [0.3, 0.4) is 0 Å². The number of nitrogens with zero attached hydrogens (tertiary/aromatic N) is 5. The summed E-state index contributed by atoms with van der Waals surface area (Å²) in [5, 5.41) is 18.2. The van der Waals surface area contributed by atoms with Crippen LogP contribution in [0.4, 0.5) is 0 Å². The number of piperidine rings is 2. The number of nitrogens with one attached hydrogen (secondary N) is 1. The van der Waals surface area contributed by atoms with Crippen molar-refractivity contribution in [2.75, 3.05) is 13.1 Å². The Morgan fingerprint density at radius 2 is 2.00 bits per heavy atom. The molecule has 39 heavy (non-hydrogen) atoms. The average Bonchev–Trinajstić information content (AvgIpc) is 3.55. The van der Waals surface area contributed by atoms with Gasteiger partial charge >= 0.3 is 0 Å². The topological polar surface area (TPSA) is 142 Å². The number of aromatic nitrogens is 3. The summed E-state index contributed by atoms with van der Waals surface area (Å²) >= 11 is 0. The van der Waals surface area contributed by atoms with Crippen molar-refractivity contribution in [2.24, 2.45) is 5.41 Å². The molecule has 2 atom stereocenters. The number of aliphatic hydroxyl groups is 1. The molecule has 202 valence electrons. The molecular weight excluding hydrogens is 500 g/mol. The van der Waals surface area contributed by atoms with Crippen molar-refractivity contribution in [1.82, 2.24) is 30.2 Å². The molecule has 3 amide bonds. The molecule has 11 heteroatoms. The first-order chi connectivity index (χ1) is 18.6. The lowest BCUT2D eigenvalue weighted by atomic mass is 9.66. The van der Waals surface area contributed by atoms with Gasteiger partial charge < -0.3 is 14.5 Å². The molecule has 2 aromatic heterocycles. The second-order valence-corrected chi connectivity index (χ2v) is 11.3. The molecule has 2 saturated heterocycles. The fourth-order valence-electron chi connectivity index (χ4n) is 6.12. The Kier molecular flexibility index (Phi) is 6.07. The van der Waals surface area contributed by atoms with Gasteiger partial charge in [-0.1, -0.05) is 37.2 Å². The first kappa shape index (κ1) is 25.3. The molecule has 0 bridgehead atoms. The van der Waals surface area contributed by atoms with Gasteiger partial charge in [0.2, 0.25) is 24.0 Å². The zero-order chi connectivity index (χ0) is 27.4. The van der Waals surface area contributed by atoms with Gasteiger partial charge in [-0.15, -0.1) is 0 Å². The fourth-order valence-corrected chi connectivity index (χ4v) is 6.12. The van der Waals surface area contributed by atoms with Crippen LogP contribution in [0.2, 0.25) is 0 Å². The number of pyridine rings is 1. The summed E-state index contributed by atoms with van der Waals surface area (Å²) in [6.07, 6.45) is 4.14. The Morgan fingerprint density at radius 3 is 2.69 bits per heavy atom. The summed E-state index contributed by atoms with van der Waals surface area (Å²) in [6.45, 7) is 6.44. The lowest BCUT2D eigenvalue weighted by molar-refractivity contribution is -0.136. The molecule has 1 aromatic carbocycles. The molecule has 2 fully saturated rings. The van der Waals surface area contributed by atoms with E-state index in [1.54, 1.807) is 6.07 Å². The third-order valence-electron chi connectivity index (χ3n) is 8.35. The highest BCUT2D eigenvalue weighted by Gasteiger charge is 2.49. The van der Waals surface area contributed by atoms with Crippen LogP contribution in [0.25, 0.3) is 11.5 Å². The van der Waals surface area contributed by atoms with Gasteiger partial charge in [-0.2, -0.15) is 4.98 Å². The van der Waals surface area contributed by atoms with Gasteiger partial charge in [-0.3, -0.25) is 29.6 Å². The summed E-state index contributed by atoms with van der Waals surface area (Å²) in [5.41, 5.74) is 2.23. The van der Waals surface area contributed by atoms with E-state index in [4.69, 9.17) is 4.52 Å². The predicted octanol–water partition coefficient (Wildman–Crippen LogP) is 2.01. The van der Waals surface area contributed by atoms with Crippen LogP contribution in [-0.2, 0) is 28.3 Å². The van der Waals surface area contributed by atoms with Gasteiger partial charge in [0.1, 0.15) is 11.7 Å². The van der Waals surface area contributed by atoms with Crippen molar-refractivity contribution in [3.05, 3.63) is 65.2 Å². The molecule has 3 aromatic rings. The third kappa shape index (κ3) is 4.41. The Hall–Kier alpha value is -3.96. The molecular formula is C28H30N6O5. The van der Waals surface area contributed by atoms with E-state index >= 15 is 0 Å². The van der Waals surface area contributed by atoms with E-state index in [0.717, 1.165) is 16.7 Å². The Balaban J connectivity index is 1.16. The van der Waals surface area contributed by atoms with Crippen molar-refractivity contribution >= 4 is 17.7 Å². The molecule has 0 saturated carbocycles. The largest absolute Gasteiger partial charge is 0.385 e. The summed E-state index contributed by atoms with van der Waals surface area (Å²) in [7, 11) is 0. The zero-order valence-corrected chi connectivity index (χ0v) is 21.9. The molecule has 6 rings (SSSR count). The normalized spacial score (nSPS) is 25.1. The summed E-state index contributed by atoms with van der Waals surface area (Å²) in [5.74, 6) is -0.511. The Morgan fingerprint density at radius 1 is 1.15 bits per heavy atom. The second kappa shape index (κ2) is 9.35. The highest BCUT2D eigenvalue weighted by Crippen LogP contribution is 2.47. The number of likely N-dealkylation sites (tertiary alicyclic amines) is 1. The first-order valence-electron chi connectivity index (χ1n) is 13.1. The van der Waals surface area contributed by atoms with Gasteiger partial charge in [0.25, 0.3) is 5.91 Å². The molecule has 2 N–H and O–H groups in total. The molecule has 0 spiro atoms. The maximum absolute atomic E-state index is 13.1. The molecule has 0 aliphatic carbocycles. The maximum atomic E-state index is 13.1. The average molecular weight is 531 g/mol. The SMILES string of the molecule is CC1(C)CN(Cc2ccc(-c3ncon3)nc2)CC[C@]1(O)c1ccc2c(c1)CN([C@H]1CCC(=O)NC1=O)C2=O. The van der Waals surface area contributed by atoms with E-state index < -0.39 is 23.0 Å². The molecule has 3 aliphatic heterocycles. The maximum Gasteiger partial charge on any atom is 0.255 e. The van der Waals surface area contributed by atoms with E-state index in [1.807, 2.05) is 30.5 Å². The quantitative estimate of drug-likeness (QED) is 0.474. The van der Waals surface area contributed by atoms with E-state index in [2.05, 4.69) is 39.2 Å². The van der Waals surface area contributed by atoms with Crippen LogP contribution in [0.5, 0.6) is 0 Å². The zero-order valence-electron chi connectivity index (χ0n) is 21.9. The van der Waals surface area contributed by atoms with E-state index in [9.17, 15) is 19.5 Å². The number of imide groups is 1. The highest BCUT2D eigenvalue weighted by atomic mass is 16.5. The van der Waals surface area contributed by atoms with Gasteiger partial charge in [-0.05, 0) is 41.7 Å². The van der Waals surface area contributed by atoms with Crippen LogP contribution in [0.1, 0.15) is 60.2 Å². The lowest BCUT2D eigenvalue weighted by Gasteiger charge is -2.50. The number of carbonyl (C=O) groups excluding carboxylic acids is 3. The summed E-state index contributed by atoms with van der Waals surface area (Å²) in [6, 6.07) is 8.72. The summed E-state index contributed by atoms with van der Waals surface area (Å²) < 4.78 is 4.79. The number of hydrogen-bond acceptors (Lipinski definition) is 9. The van der Waals surface area contributed by atoms with Crippen molar-refractivity contribution < 1.29 is 24.0 Å². The number of benzene rings is 1. The van der Waals surface area contributed by atoms with E-state index in [1.165, 1.54) is 11.3 Å². The van der Waals surface area contributed by atoms with Crippen molar-refractivity contribution in [1.29, 1.82) is 0 Å². The predicted molar refractivity (Wildman–Crippen MR) is 138 cm³/mol.